The summed E-state index contributed by atoms with van der Waals surface area (Å²) in [6.07, 6.45) is 0.856. The molecule has 6 nitrogen and oxygen atoms in total. The molecule has 1 saturated heterocycles. The van der Waals surface area contributed by atoms with Crippen LogP contribution in [0.5, 0.6) is 0 Å². The Morgan fingerprint density at radius 3 is 2.60 bits per heavy atom. The van der Waals surface area contributed by atoms with E-state index in [-0.39, 0.29) is 11.3 Å². The maximum atomic E-state index is 12.4. The summed E-state index contributed by atoms with van der Waals surface area (Å²) in [6.45, 7) is 0. The molecule has 3 rings (SSSR count). The second-order valence-electron chi connectivity index (χ2n) is 4.76. The van der Waals surface area contributed by atoms with E-state index in [1.165, 1.54) is 12.1 Å². The van der Waals surface area contributed by atoms with Crippen LogP contribution in [0.15, 0.2) is 22.7 Å². The highest BCUT2D eigenvalue weighted by atomic mass is 79.9. The quantitative estimate of drug-likeness (QED) is 0.791. The van der Waals surface area contributed by atoms with Crippen molar-refractivity contribution in [1.29, 1.82) is 5.26 Å². The van der Waals surface area contributed by atoms with Crippen molar-refractivity contribution in [2.75, 3.05) is 4.90 Å². The molecule has 1 aromatic rings. The standard InChI is InChI=1S/C13H8BrN3O3/c14-8-2-1-7(6-15)9(5-8)17-11(19)13(3-4-13)10(18)16-12(17)20/h1-2,5H,3-4H2,(H,16,18,20). The highest BCUT2D eigenvalue weighted by molar-refractivity contribution is 9.10. The van der Waals surface area contributed by atoms with Crippen LogP contribution < -0.4 is 10.2 Å². The number of carbonyl (C=O) groups is 3. The maximum absolute atomic E-state index is 12.4. The van der Waals surface area contributed by atoms with Crippen molar-refractivity contribution < 1.29 is 14.4 Å². The number of hydrogen-bond donors (Lipinski definition) is 1. The van der Waals surface area contributed by atoms with Crippen molar-refractivity contribution in [3.8, 4) is 6.07 Å². The van der Waals surface area contributed by atoms with Gasteiger partial charge in [0, 0.05) is 4.47 Å². The third kappa shape index (κ3) is 1.65. The zero-order chi connectivity index (χ0) is 14.5. The fourth-order valence-corrected chi connectivity index (χ4v) is 2.59. The number of halogens is 1. The Morgan fingerprint density at radius 1 is 1.30 bits per heavy atom. The molecule has 1 aromatic carbocycles. The van der Waals surface area contributed by atoms with E-state index in [2.05, 4.69) is 21.2 Å². The van der Waals surface area contributed by atoms with Gasteiger partial charge in [-0.2, -0.15) is 5.26 Å². The van der Waals surface area contributed by atoms with E-state index < -0.39 is 23.3 Å². The lowest BCUT2D eigenvalue weighted by Gasteiger charge is -2.30. The van der Waals surface area contributed by atoms with Crippen LogP contribution in [0.25, 0.3) is 0 Å². The largest absolute Gasteiger partial charge is 0.335 e. The summed E-state index contributed by atoms with van der Waals surface area (Å²) in [7, 11) is 0. The van der Waals surface area contributed by atoms with Crippen molar-refractivity contribution in [2.45, 2.75) is 12.8 Å². The molecule has 1 N–H and O–H groups in total. The molecule has 2 aliphatic rings. The minimum Gasteiger partial charge on any atom is -0.276 e. The molecule has 7 heteroatoms. The molecule has 1 aliphatic carbocycles. The topological polar surface area (TPSA) is 90.3 Å². The van der Waals surface area contributed by atoms with E-state index in [1.54, 1.807) is 6.07 Å². The lowest BCUT2D eigenvalue weighted by atomic mass is 10.0. The van der Waals surface area contributed by atoms with E-state index >= 15 is 0 Å². The molecule has 1 heterocycles. The van der Waals surface area contributed by atoms with Crippen LogP contribution >= 0.6 is 15.9 Å². The number of urea groups is 1. The SMILES string of the molecule is N#Cc1ccc(Br)cc1N1C(=O)NC(=O)C2(CC2)C1=O. The van der Waals surface area contributed by atoms with Crippen LogP contribution in [0.1, 0.15) is 18.4 Å². The lowest BCUT2D eigenvalue weighted by molar-refractivity contribution is -0.136. The number of barbiturate groups is 1. The average Bonchev–Trinajstić information content (AvgIpc) is 3.19. The van der Waals surface area contributed by atoms with Gasteiger partial charge in [-0.25, -0.2) is 9.69 Å². The normalized spacial score (nSPS) is 19.8. The van der Waals surface area contributed by atoms with Crippen molar-refractivity contribution in [3.63, 3.8) is 0 Å². The van der Waals surface area contributed by atoms with Gasteiger partial charge in [-0.15, -0.1) is 0 Å². The summed E-state index contributed by atoms with van der Waals surface area (Å²) in [4.78, 5) is 37.0. The van der Waals surface area contributed by atoms with Crippen molar-refractivity contribution in [3.05, 3.63) is 28.2 Å². The maximum Gasteiger partial charge on any atom is 0.335 e. The Hall–Kier alpha value is -2.20. The summed E-state index contributed by atoms with van der Waals surface area (Å²) in [5.41, 5.74) is -0.742. The number of benzene rings is 1. The Labute approximate surface area is 122 Å². The number of anilines is 1. The predicted molar refractivity (Wildman–Crippen MR) is 71.5 cm³/mol. The number of imide groups is 2. The van der Waals surface area contributed by atoms with Crippen LogP contribution in [0.4, 0.5) is 10.5 Å². The minimum absolute atomic E-state index is 0.183. The lowest BCUT2D eigenvalue weighted by Crippen LogP contribution is -2.59. The molecule has 100 valence electrons. The van der Waals surface area contributed by atoms with Gasteiger partial charge in [-0.1, -0.05) is 15.9 Å². The summed E-state index contributed by atoms with van der Waals surface area (Å²) >= 11 is 3.24. The first-order chi connectivity index (χ1) is 9.49. The van der Waals surface area contributed by atoms with Gasteiger partial charge in [0.15, 0.2) is 0 Å². The molecule has 20 heavy (non-hydrogen) atoms. The summed E-state index contributed by atoms with van der Waals surface area (Å²) < 4.78 is 0.633. The fourth-order valence-electron chi connectivity index (χ4n) is 2.25. The Bertz CT molecular complexity index is 703. The van der Waals surface area contributed by atoms with Gasteiger partial charge < -0.3 is 0 Å². The molecule has 1 aliphatic heterocycles. The highest BCUT2D eigenvalue weighted by Gasteiger charge is 2.62. The van der Waals surface area contributed by atoms with Gasteiger partial charge in [0.2, 0.25) is 5.91 Å². The first-order valence-corrected chi connectivity index (χ1v) is 6.68. The molecular formula is C13H8BrN3O3. The van der Waals surface area contributed by atoms with Crippen LogP contribution in [0.2, 0.25) is 0 Å². The molecule has 0 bridgehead atoms. The number of rotatable bonds is 1. The molecular weight excluding hydrogens is 326 g/mol. The van der Waals surface area contributed by atoms with Gasteiger partial charge in [0.05, 0.1) is 11.3 Å². The Balaban J connectivity index is 2.12. The summed E-state index contributed by atoms with van der Waals surface area (Å²) in [5, 5.41) is 11.3. The molecule has 0 radical (unpaired) electrons. The molecule has 2 fully saturated rings. The molecule has 0 unspecified atom stereocenters. The third-order valence-corrected chi connectivity index (χ3v) is 4.04. The number of nitriles is 1. The van der Waals surface area contributed by atoms with E-state index in [4.69, 9.17) is 5.26 Å². The smallest absolute Gasteiger partial charge is 0.276 e. The predicted octanol–water partition coefficient (Wildman–Crippen LogP) is 1.68. The van der Waals surface area contributed by atoms with Crippen LogP contribution in [-0.4, -0.2) is 17.8 Å². The Morgan fingerprint density at radius 2 is 2.00 bits per heavy atom. The van der Waals surface area contributed by atoms with Crippen molar-refractivity contribution in [1.82, 2.24) is 5.32 Å². The van der Waals surface area contributed by atoms with Gasteiger partial charge in [0.25, 0.3) is 5.91 Å². The van der Waals surface area contributed by atoms with Crippen LogP contribution in [0.3, 0.4) is 0 Å². The monoisotopic (exact) mass is 333 g/mol. The fraction of sp³-hybridized carbons (Fsp3) is 0.231. The number of carbonyl (C=O) groups excluding carboxylic acids is 3. The van der Waals surface area contributed by atoms with E-state index in [0.717, 1.165) is 4.90 Å². The molecule has 1 spiro atoms. The Kier molecular flexibility index (Phi) is 2.66. The number of amides is 4. The van der Waals surface area contributed by atoms with Crippen molar-refractivity contribution >= 4 is 39.5 Å². The molecule has 0 atom stereocenters. The van der Waals surface area contributed by atoms with Gasteiger partial charge in [-0.05, 0) is 31.0 Å². The van der Waals surface area contributed by atoms with E-state index in [0.29, 0.717) is 17.3 Å². The third-order valence-electron chi connectivity index (χ3n) is 3.54. The second-order valence-corrected chi connectivity index (χ2v) is 5.67. The second kappa shape index (κ2) is 4.15. The van der Waals surface area contributed by atoms with Gasteiger partial charge in [-0.3, -0.25) is 14.9 Å². The minimum atomic E-state index is -1.12. The van der Waals surface area contributed by atoms with Gasteiger partial charge >= 0.3 is 6.03 Å². The first-order valence-electron chi connectivity index (χ1n) is 5.89. The summed E-state index contributed by atoms with van der Waals surface area (Å²) in [6, 6.07) is 5.80. The molecule has 0 aromatic heterocycles. The van der Waals surface area contributed by atoms with Gasteiger partial charge in [0.1, 0.15) is 11.5 Å². The number of nitrogens with one attached hydrogen (secondary N) is 1. The van der Waals surface area contributed by atoms with E-state index in [1.807, 2.05) is 6.07 Å². The number of hydrogen-bond acceptors (Lipinski definition) is 4. The number of nitrogens with zero attached hydrogens (tertiary/aromatic N) is 2. The van der Waals surface area contributed by atoms with Crippen molar-refractivity contribution in [2.24, 2.45) is 5.41 Å². The molecule has 4 amide bonds. The highest BCUT2D eigenvalue weighted by Crippen LogP contribution is 2.50. The zero-order valence-corrected chi connectivity index (χ0v) is 11.7. The molecule has 1 saturated carbocycles. The summed E-state index contributed by atoms with van der Waals surface area (Å²) in [5.74, 6) is -1.10. The van der Waals surface area contributed by atoms with Crippen LogP contribution in [-0.2, 0) is 9.59 Å². The van der Waals surface area contributed by atoms with E-state index in [9.17, 15) is 14.4 Å². The first kappa shape index (κ1) is 12.8. The van der Waals surface area contributed by atoms with Crippen LogP contribution in [0, 0.1) is 16.7 Å². The average molecular weight is 334 g/mol. The zero-order valence-electron chi connectivity index (χ0n) is 10.1.